The van der Waals surface area contributed by atoms with Crippen LogP contribution in [0.15, 0.2) is 64.3 Å². The van der Waals surface area contributed by atoms with Crippen LogP contribution in [0.5, 0.6) is 5.75 Å². The Kier molecular flexibility index (Phi) is 7.34. The predicted octanol–water partition coefficient (Wildman–Crippen LogP) is 5.89. The first-order valence-electron chi connectivity index (χ1n) is 10.4. The molecule has 0 aliphatic rings. The lowest BCUT2D eigenvalue weighted by Gasteiger charge is -2.09. The molecule has 0 atom stereocenters. The van der Waals surface area contributed by atoms with Crippen molar-refractivity contribution in [1.82, 2.24) is 9.97 Å². The van der Waals surface area contributed by atoms with Crippen LogP contribution in [0.2, 0.25) is 5.02 Å². The van der Waals surface area contributed by atoms with Gasteiger partial charge in [0.1, 0.15) is 17.0 Å². The van der Waals surface area contributed by atoms with Gasteiger partial charge in [-0.1, -0.05) is 42.4 Å². The standard InChI is InChI=1S/C24H21ClN4O4S/c1-3-12-34-24-26-13-17(25)20(29-24)22(30)28-19-16-6-4-5-7-18(16)33-21(19)23(31)27-14-8-10-15(32-2)11-9-14/h4-11,13H,3,12H2,1-2H3,(H,27,31)(H,28,30). The van der Waals surface area contributed by atoms with Crippen molar-refractivity contribution in [2.24, 2.45) is 0 Å². The molecular weight excluding hydrogens is 476 g/mol. The molecule has 4 aromatic rings. The van der Waals surface area contributed by atoms with Crippen LogP contribution in [-0.2, 0) is 0 Å². The Morgan fingerprint density at radius 1 is 1.09 bits per heavy atom. The van der Waals surface area contributed by atoms with Crippen molar-refractivity contribution in [1.29, 1.82) is 0 Å². The van der Waals surface area contributed by atoms with Crippen molar-refractivity contribution in [2.75, 3.05) is 23.5 Å². The number of halogens is 1. The number of ether oxygens (including phenoxy) is 1. The fourth-order valence-corrected chi connectivity index (χ4v) is 3.98. The summed E-state index contributed by atoms with van der Waals surface area (Å²) in [6, 6.07) is 13.9. The molecule has 2 N–H and O–H groups in total. The first kappa shape index (κ1) is 23.6. The minimum Gasteiger partial charge on any atom is -0.497 e. The third-order valence-electron chi connectivity index (χ3n) is 4.76. The summed E-state index contributed by atoms with van der Waals surface area (Å²) in [4.78, 5) is 34.7. The molecule has 2 aromatic carbocycles. The number of fused-ring (bicyclic) bond motifs is 1. The van der Waals surface area contributed by atoms with Crippen LogP contribution in [0.4, 0.5) is 11.4 Å². The summed E-state index contributed by atoms with van der Waals surface area (Å²) in [5.74, 6) is 0.328. The van der Waals surface area contributed by atoms with Crippen LogP contribution in [0, 0.1) is 0 Å². The Labute approximate surface area is 205 Å². The Morgan fingerprint density at radius 3 is 2.59 bits per heavy atom. The molecule has 0 fully saturated rings. The smallest absolute Gasteiger partial charge is 0.293 e. The van der Waals surface area contributed by atoms with Crippen LogP contribution in [0.3, 0.4) is 0 Å². The molecule has 10 heteroatoms. The number of aromatic nitrogens is 2. The molecule has 174 valence electrons. The number of hydrogen-bond donors (Lipinski definition) is 2. The van der Waals surface area contributed by atoms with E-state index >= 15 is 0 Å². The number of hydrogen-bond acceptors (Lipinski definition) is 7. The second kappa shape index (κ2) is 10.6. The average Bonchev–Trinajstić information content (AvgIpc) is 3.22. The van der Waals surface area contributed by atoms with E-state index < -0.39 is 11.8 Å². The van der Waals surface area contributed by atoms with Crippen molar-refractivity contribution >= 4 is 57.5 Å². The largest absolute Gasteiger partial charge is 0.497 e. The van der Waals surface area contributed by atoms with E-state index in [4.69, 9.17) is 20.8 Å². The van der Waals surface area contributed by atoms with Crippen molar-refractivity contribution in [2.45, 2.75) is 18.5 Å². The number of benzene rings is 2. The first-order chi connectivity index (χ1) is 16.5. The highest BCUT2D eigenvalue weighted by molar-refractivity contribution is 7.99. The topological polar surface area (TPSA) is 106 Å². The number of nitrogens with one attached hydrogen (secondary N) is 2. The molecular formula is C24H21ClN4O4S. The number of amides is 2. The second-order valence-corrected chi connectivity index (χ2v) is 8.61. The van der Waals surface area contributed by atoms with Gasteiger partial charge in [-0.15, -0.1) is 0 Å². The van der Waals surface area contributed by atoms with Gasteiger partial charge in [0.2, 0.25) is 5.76 Å². The Hall–Kier alpha value is -3.56. The van der Waals surface area contributed by atoms with E-state index in [1.807, 2.05) is 6.92 Å². The lowest BCUT2D eigenvalue weighted by Crippen LogP contribution is -2.18. The van der Waals surface area contributed by atoms with Gasteiger partial charge in [-0.2, -0.15) is 0 Å². The maximum atomic E-state index is 13.1. The molecule has 2 aromatic heterocycles. The van der Waals surface area contributed by atoms with Gasteiger partial charge >= 0.3 is 0 Å². The molecule has 0 aliphatic heterocycles. The van der Waals surface area contributed by atoms with Crippen molar-refractivity contribution in [3.63, 3.8) is 0 Å². The molecule has 2 amide bonds. The summed E-state index contributed by atoms with van der Waals surface area (Å²) in [6.07, 6.45) is 2.33. The Bertz CT molecular complexity index is 1340. The molecule has 0 saturated heterocycles. The van der Waals surface area contributed by atoms with Gasteiger partial charge < -0.3 is 19.8 Å². The highest BCUT2D eigenvalue weighted by atomic mass is 35.5. The number of anilines is 2. The van der Waals surface area contributed by atoms with E-state index in [-0.39, 0.29) is 22.2 Å². The number of rotatable bonds is 8. The van der Waals surface area contributed by atoms with Crippen LogP contribution in [0.1, 0.15) is 34.4 Å². The van der Waals surface area contributed by atoms with Gasteiger partial charge in [0.25, 0.3) is 11.8 Å². The number of nitrogens with zero attached hydrogens (tertiary/aromatic N) is 2. The molecule has 0 unspecified atom stereocenters. The lowest BCUT2D eigenvalue weighted by atomic mass is 10.2. The van der Waals surface area contributed by atoms with Crippen molar-refractivity contribution in [3.05, 3.63) is 71.2 Å². The maximum absolute atomic E-state index is 13.1. The summed E-state index contributed by atoms with van der Waals surface area (Å²) in [5, 5.41) is 6.66. The number of carbonyl (C=O) groups excluding carboxylic acids is 2. The van der Waals surface area contributed by atoms with E-state index in [0.29, 0.717) is 27.6 Å². The average molecular weight is 497 g/mol. The number of methoxy groups -OCH3 is 1. The van der Waals surface area contributed by atoms with Crippen molar-refractivity contribution < 1.29 is 18.7 Å². The second-order valence-electron chi connectivity index (χ2n) is 7.14. The first-order valence-corrected chi connectivity index (χ1v) is 11.8. The summed E-state index contributed by atoms with van der Waals surface area (Å²) in [7, 11) is 1.56. The molecule has 0 radical (unpaired) electrons. The van der Waals surface area contributed by atoms with E-state index in [9.17, 15) is 9.59 Å². The quantitative estimate of drug-likeness (QED) is 0.231. The molecule has 0 aliphatic carbocycles. The number of carbonyl (C=O) groups is 2. The lowest BCUT2D eigenvalue weighted by molar-refractivity contribution is 0.0999. The molecule has 0 spiro atoms. The summed E-state index contributed by atoms with van der Waals surface area (Å²) >= 11 is 7.64. The monoisotopic (exact) mass is 496 g/mol. The predicted molar refractivity (Wildman–Crippen MR) is 133 cm³/mol. The highest BCUT2D eigenvalue weighted by Crippen LogP contribution is 2.32. The Balaban J connectivity index is 1.65. The minimum atomic E-state index is -0.573. The zero-order valence-corrected chi connectivity index (χ0v) is 20.0. The Morgan fingerprint density at radius 2 is 1.85 bits per heavy atom. The number of para-hydroxylation sites is 1. The summed E-state index contributed by atoms with van der Waals surface area (Å²) in [5.41, 5.74) is 1.23. The zero-order valence-electron chi connectivity index (χ0n) is 18.4. The number of thioether (sulfide) groups is 1. The highest BCUT2D eigenvalue weighted by Gasteiger charge is 2.24. The molecule has 0 saturated carbocycles. The molecule has 34 heavy (non-hydrogen) atoms. The third-order valence-corrected chi connectivity index (χ3v) is 6.10. The van der Waals surface area contributed by atoms with Crippen LogP contribution in [0.25, 0.3) is 11.0 Å². The fraction of sp³-hybridized carbons (Fsp3) is 0.167. The van der Waals surface area contributed by atoms with E-state index in [0.717, 1.165) is 12.2 Å². The molecule has 2 heterocycles. The number of furan rings is 1. The van der Waals surface area contributed by atoms with E-state index in [1.165, 1.54) is 18.0 Å². The molecule has 4 rings (SSSR count). The third kappa shape index (κ3) is 5.16. The van der Waals surface area contributed by atoms with Crippen LogP contribution in [-0.4, -0.2) is 34.6 Å². The minimum absolute atomic E-state index is 0.0158. The van der Waals surface area contributed by atoms with Gasteiger partial charge in [0.15, 0.2) is 10.9 Å². The molecule has 0 bridgehead atoms. The van der Waals surface area contributed by atoms with Crippen LogP contribution >= 0.6 is 23.4 Å². The van der Waals surface area contributed by atoms with Crippen molar-refractivity contribution in [3.8, 4) is 5.75 Å². The maximum Gasteiger partial charge on any atom is 0.293 e. The molecule has 8 nitrogen and oxygen atoms in total. The summed E-state index contributed by atoms with van der Waals surface area (Å²) < 4.78 is 10.9. The summed E-state index contributed by atoms with van der Waals surface area (Å²) in [6.45, 7) is 2.04. The van der Waals surface area contributed by atoms with E-state index in [1.54, 1.807) is 55.6 Å². The zero-order chi connectivity index (χ0) is 24.1. The van der Waals surface area contributed by atoms with E-state index in [2.05, 4.69) is 20.6 Å². The van der Waals surface area contributed by atoms with Gasteiger partial charge in [-0.25, -0.2) is 9.97 Å². The van der Waals surface area contributed by atoms with Gasteiger partial charge in [0.05, 0.1) is 18.3 Å². The van der Waals surface area contributed by atoms with Gasteiger partial charge in [-0.3, -0.25) is 9.59 Å². The normalized spacial score (nSPS) is 10.8. The fourth-order valence-electron chi connectivity index (χ4n) is 3.14. The van der Waals surface area contributed by atoms with Crippen LogP contribution < -0.4 is 15.4 Å². The SMILES string of the molecule is CCCSc1ncc(Cl)c(C(=O)Nc2c(C(=O)Nc3ccc(OC)cc3)oc3ccccc23)n1. The van der Waals surface area contributed by atoms with Gasteiger partial charge in [0, 0.05) is 16.8 Å². The van der Waals surface area contributed by atoms with Gasteiger partial charge in [-0.05, 0) is 42.8 Å².